The van der Waals surface area contributed by atoms with Gasteiger partial charge in [0.2, 0.25) is 0 Å². The fourth-order valence-electron chi connectivity index (χ4n) is 2.96. The number of nitrogens with zero attached hydrogens (tertiary/aromatic N) is 2. The summed E-state index contributed by atoms with van der Waals surface area (Å²) in [6.07, 6.45) is 7.70. The van der Waals surface area contributed by atoms with E-state index in [2.05, 4.69) is 9.97 Å². The zero-order valence-corrected chi connectivity index (χ0v) is 9.02. The fourth-order valence-corrected chi connectivity index (χ4v) is 2.96. The highest BCUT2D eigenvalue weighted by Crippen LogP contribution is 2.64. The molecule has 0 radical (unpaired) electrons. The molecular formula is C12H14N2O2. The predicted octanol–water partition coefficient (Wildman–Crippen LogP) is 2.22. The fraction of sp³-hybridized carbons (Fsp3) is 0.583. The Morgan fingerprint density at radius 2 is 2.25 bits per heavy atom. The van der Waals surface area contributed by atoms with E-state index in [4.69, 9.17) is 5.11 Å². The molecule has 1 spiro atoms. The van der Waals surface area contributed by atoms with Crippen molar-refractivity contribution < 1.29 is 9.90 Å². The van der Waals surface area contributed by atoms with Gasteiger partial charge in [-0.2, -0.15) is 0 Å². The molecule has 0 aromatic carbocycles. The van der Waals surface area contributed by atoms with Gasteiger partial charge in [0.1, 0.15) is 5.82 Å². The Hall–Kier alpha value is -1.45. The first-order chi connectivity index (χ1) is 7.71. The molecule has 2 aliphatic rings. The van der Waals surface area contributed by atoms with Gasteiger partial charge in [-0.05, 0) is 37.2 Å². The second-order valence-corrected chi connectivity index (χ2v) is 4.91. The van der Waals surface area contributed by atoms with Crippen molar-refractivity contribution in [3.8, 4) is 0 Å². The highest BCUT2D eigenvalue weighted by atomic mass is 16.4. The molecule has 1 unspecified atom stereocenters. The van der Waals surface area contributed by atoms with Crippen molar-refractivity contribution in [1.29, 1.82) is 0 Å². The van der Waals surface area contributed by atoms with Crippen molar-refractivity contribution in [3.05, 3.63) is 23.8 Å². The smallest absolute Gasteiger partial charge is 0.354 e. The summed E-state index contributed by atoms with van der Waals surface area (Å²) in [4.78, 5) is 19.3. The molecule has 3 rings (SSSR count). The molecule has 16 heavy (non-hydrogen) atoms. The van der Waals surface area contributed by atoms with E-state index in [1.54, 1.807) is 6.20 Å². The van der Waals surface area contributed by atoms with Gasteiger partial charge in [-0.1, -0.05) is 6.42 Å². The first-order valence-electron chi connectivity index (χ1n) is 5.78. The van der Waals surface area contributed by atoms with Crippen molar-refractivity contribution in [1.82, 2.24) is 9.97 Å². The van der Waals surface area contributed by atoms with Gasteiger partial charge >= 0.3 is 5.97 Å². The Morgan fingerprint density at radius 1 is 1.44 bits per heavy atom. The van der Waals surface area contributed by atoms with E-state index >= 15 is 0 Å². The molecule has 0 amide bonds. The van der Waals surface area contributed by atoms with Crippen LogP contribution < -0.4 is 0 Å². The molecule has 0 aliphatic heterocycles. The topological polar surface area (TPSA) is 63.1 Å². The van der Waals surface area contributed by atoms with Crippen LogP contribution in [0.3, 0.4) is 0 Å². The summed E-state index contributed by atoms with van der Waals surface area (Å²) in [7, 11) is 0. The van der Waals surface area contributed by atoms with Crippen LogP contribution in [0.25, 0.3) is 0 Å². The largest absolute Gasteiger partial charge is 0.477 e. The van der Waals surface area contributed by atoms with Crippen LogP contribution in [0.1, 0.15) is 54.3 Å². The average Bonchev–Trinajstić information content (AvgIpc) is 2.91. The monoisotopic (exact) mass is 218 g/mol. The maximum Gasteiger partial charge on any atom is 0.354 e. The van der Waals surface area contributed by atoms with Crippen LogP contribution >= 0.6 is 0 Å². The van der Waals surface area contributed by atoms with Gasteiger partial charge in [-0.3, -0.25) is 0 Å². The number of hydrogen-bond donors (Lipinski definition) is 1. The van der Waals surface area contributed by atoms with E-state index < -0.39 is 5.97 Å². The SMILES string of the molecule is O=C(O)c1ccnc(C2CCCC23CC3)n1. The van der Waals surface area contributed by atoms with Crippen molar-refractivity contribution in [3.63, 3.8) is 0 Å². The number of rotatable bonds is 2. The van der Waals surface area contributed by atoms with Crippen molar-refractivity contribution in [2.24, 2.45) is 5.41 Å². The average molecular weight is 218 g/mol. The number of aromatic nitrogens is 2. The van der Waals surface area contributed by atoms with Crippen LogP contribution in [0, 0.1) is 5.41 Å². The van der Waals surface area contributed by atoms with E-state index in [0.717, 1.165) is 12.2 Å². The molecule has 4 heteroatoms. The normalized spacial score (nSPS) is 25.9. The summed E-state index contributed by atoms with van der Waals surface area (Å²) >= 11 is 0. The minimum atomic E-state index is -0.966. The summed E-state index contributed by atoms with van der Waals surface area (Å²) in [6.45, 7) is 0. The Balaban J connectivity index is 1.94. The number of carboxylic acid groups (broad SMARTS) is 1. The van der Waals surface area contributed by atoms with Gasteiger partial charge in [0.05, 0.1) is 0 Å². The van der Waals surface area contributed by atoms with Crippen LogP contribution in [0.4, 0.5) is 0 Å². The lowest BCUT2D eigenvalue weighted by Crippen LogP contribution is -2.13. The molecule has 0 saturated heterocycles. The number of hydrogen-bond acceptors (Lipinski definition) is 3. The lowest BCUT2D eigenvalue weighted by atomic mass is 9.92. The molecule has 84 valence electrons. The standard InChI is InChI=1S/C12H14N2O2/c15-11(16)9-3-7-13-10(14-9)8-2-1-4-12(8)5-6-12/h3,7-8H,1-2,4-6H2,(H,15,16). The van der Waals surface area contributed by atoms with Crippen molar-refractivity contribution in [2.45, 2.75) is 38.0 Å². The molecule has 1 heterocycles. The van der Waals surface area contributed by atoms with Crippen LogP contribution in [0.2, 0.25) is 0 Å². The van der Waals surface area contributed by atoms with E-state index in [1.807, 2.05) is 0 Å². The zero-order valence-electron chi connectivity index (χ0n) is 9.02. The third-order valence-electron chi connectivity index (χ3n) is 4.00. The minimum Gasteiger partial charge on any atom is -0.477 e. The summed E-state index contributed by atoms with van der Waals surface area (Å²) < 4.78 is 0. The third kappa shape index (κ3) is 1.40. The first kappa shape index (κ1) is 9.75. The quantitative estimate of drug-likeness (QED) is 0.826. The molecule has 4 nitrogen and oxygen atoms in total. The van der Waals surface area contributed by atoms with E-state index in [9.17, 15) is 4.79 Å². The van der Waals surface area contributed by atoms with Crippen LogP contribution in [0.5, 0.6) is 0 Å². The van der Waals surface area contributed by atoms with E-state index in [0.29, 0.717) is 11.3 Å². The van der Waals surface area contributed by atoms with Crippen LogP contribution in [-0.2, 0) is 0 Å². The molecule has 2 fully saturated rings. The second-order valence-electron chi connectivity index (χ2n) is 4.91. The lowest BCUT2D eigenvalue weighted by molar-refractivity contribution is 0.0689. The molecule has 0 bridgehead atoms. The molecule has 1 aromatic rings. The summed E-state index contributed by atoms with van der Waals surface area (Å²) in [5.41, 5.74) is 0.546. The Kier molecular flexibility index (Phi) is 1.99. The van der Waals surface area contributed by atoms with Crippen molar-refractivity contribution >= 4 is 5.97 Å². The molecule has 1 aromatic heterocycles. The maximum absolute atomic E-state index is 10.9. The maximum atomic E-state index is 10.9. The number of carboxylic acids is 1. The number of aromatic carboxylic acids is 1. The van der Waals surface area contributed by atoms with E-state index in [1.165, 1.54) is 31.7 Å². The highest BCUT2D eigenvalue weighted by Gasteiger charge is 2.53. The van der Waals surface area contributed by atoms with E-state index in [-0.39, 0.29) is 5.69 Å². The van der Waals surface area contributed by atoms with Crippen molar-refractivity contribution in [2.75, 3.05) is 0 Å². The molecular weight excluding hydrogens is 204 g/mol. The summed E-state index contributed by atoms with van der Waals surface area (Å²) in [5.74, 6) is 0.174. The second kappa shape index (κ2) is 3.27. The predicted molar refractivity (Wildman–Crippen MR) is 57.3 cm³/mol. The molecule has 1 atom stereocenters. The van der Waals surface area contributed by atoms with Gasteiger partial charge < -0.3 is 5.11 Å². The Labute approximate surface area is 93.7 Å². The van der Waals surface area contributed by atoms with Crippen LogP contribution in [0.15, 0.2) is 12.3 Å². The first-order valence-corrected chi connectivity index (χ1v) is 5.78. The molecule has 1 N–H and O–H groups in total. The van der Waals surface area contributed by atoms with Gasteiger partial charge in [-0.15, -0.1) is 0 Å². The molecule has 2 aliphatic carbocycles. The third-order valence-corrected chi connectivity index (χ3v) is 4.00. The van der Waals surface area contributed by atoms with Gasteiger partial charge in [-0.25, -0.2) is 14.8 Å². The molecule has 2 saturated carbocycles. The zero-order chi connectivity index (χ0) is 11.2. The minimum absolute atomic E-state index is 0.118. The van der Waals surface area contributed by atoms with Gasteiger partial charge in [0, 0.05) is 12.1 Å². The Bertz CT molecular complexity index is 440. The van der Waals surface area contributed by atoms with Gasteiger partial charge in [0.25, 0.3) is 0 Å². The van der Waals surface area contributed by atoms with Crippen LogP contribution in [-0.4, -0.2) is 21.0 Å². The highest BCUT2D eigenvalue weighted by molar-refractivity contribution is 5.85. The summed E-state index contributed by atoms with van der Waals surface area (Å²) in [6, 6.07) is 1.46. The van der Waals surface area contributed by atoms with Gasteiger partial charge in [0.15, 0.2) is 5.69 Å². The lowest BCUT2D eigenvalue weighted by Gasteiger charge is -2.16. The summed E-state index contributed by atoms with van der Waals surface area (Å²) in [5, 5.41) is 8.91. The number of carbonyl (C=O) groups is 1. The Morgan fingerprint density at radius 3 is 2.94 bits per heavy atom.